The summed E-state index contributed by atoms with van der Waals surface area (Å²) in [5.74, 6) is 1.39. The Labute approximate surface area is 165 Å². The first-order valence-corrected chi connectivity index (χ1v) is 10.00. The van der Waals surface area contributed by atoms with Gasteiger partial charge in [0, 0.05) is 31.1 Å². The molecule has 0 spiro atoms. The van der Waals surface area contributed by atoms with Crippen LogP contribution in [0.15, 0.2) is 66.0 Å². The summed E-state index contributed by atoms with van der Waals surface area (Å²) >= 11 is 1.50. The summed E-state index contributed by atoms with van der Waals surface area (Å²) in [5.41, 5.74) is 1.92. The molecule has 0 aliphatic carbocycles. The highest BCUT2D eigenvalue weighted by Crippen LogP contribution is 2.28. The summed E-state index contributed by atoms with van der Waals surface area (Å²) in [7, 11) is 1.78. The minimum absolute atomic E-state index is 0.0463. The van der Waals surface area contributed by atoms with Crippen molar-refractivity contribution in [2.45, 2.75) is 20.4 Å². The molecule has 3 aromatic rings. The minimum Gasteiger partial charge on any atom is -0.351 e. The molecular formula is C22H25N3OS. The van der Waals surface area contributed by atoms with Crippen molar-refractivity contribution >= 4 is 28.2 Å². The molecule has 5 heteroatoms. The van der Waals surface area contributed by atoms with Crippen LogP contribution in [0.2, 0.25) is 0 Å². The second kappa shape index (κ2) is 8.82. The second-order valence-corrected chi connectivity index (χ2v) is 7.81. The first-order chi connectivity index (χ1) is 13.0. The van der Waals surface area contributed by atoms with Crippen LogP contribution in [-0.4, -0.2) is 24.5 Å². The molecule has 0 aliphatic rings. The molecule has 0 N–H and O–H groups in total. The van der Waals surface area contributed by atoms with E-state index in [1.165, 1.54) is 16.9 Å². The maximum absolute atomic E-state index is 12.7. The Morgan fingerprint density at radius 1 is 1.04 bits per heavy atom. The van der Waals surface area contributed by atoms with Crippen molar-refractivity contribution in [3.05, 3.63) is 77.2 Å². The van der Waals surface area contributed by atoms with Gasteiger partial charge in [0.25, 0.3) is 5.91 Å². The van der Waals surface area contributed by atoms with Crippen molar-refractivity contribution in [3.63, 3.8) is 0 Å². The molecule has 2 aromatic carbocycles. The summed E-state index contributed by atoms with van der Waals surface area (Å²) in [4.78, 5) is 21.3. The van der Waals surface area contributed by atoms with E-state index >= 15 is 0 Å². The second-order valence-electron chi connectivity index (χ2n) is 6.98. The fourth-order valence-corrected chi connectivity index (χ4v) is 3.70. The van der Waals surface area contributed by atoms with Crippen molar-refractivity contribution in [2.24, 2.45) is 5.92 Å². The van der Waals surface area contributed by atoms with E-state index in [0.29, 0.717) is 16.6 Å². The Balaban J connectivity index is 1.79. The molecule has 3 rings (SSSR count). The normalized spacial score (nSPS) is 10.8. The summed E-state index contributed by atoms with van der Waals surface area (Å²) in [5, 5.41) is 2.75. The Kier molecular flexibility index (Phi) is 6.24. The van der Waals surface area contributed by atoms with E-state index in [1.54, 1.807) is 11.9 Å². The number of thiazole rings is 1. The Hall–Kier alpha value is -2.66. The van der Waals surface area contributed by atoms with Crippen molar-refractivity contribution < 1.29 is 4.79 Å². The van der Waals surface area contributed by atoms with Gasteiger partial charge in [0.1, 0.15) is 5.82 Å². The lowest BCUT2D eigenvalue weighted by Gasteiger charge is -2.24. The van der Waals surface area contributed by atoms with E-state index in [9.17, 15) is 4.79 Å². The Morgan fingerprint density at radius 3 is 2.30 bits per heavy atom. The fraction of sp³-hybridized carbons (Fsp3) is 0.273. The number of amides is 1. The first-order valence-electron chi connectivity index (χ1n) is 9.12. The lowest BCUT2D eigenvalue weighted by Crippen LogP contribution is -2.28. The van der Waals surface area contributed by atoms with E-state index in [4.69, 9.17) is 4.98 Å². The molecule has 0 radical (unpaired) electrons. The monoisotopic (exact) mass is 379 g/mol. The van der Waals surface area contributed by atoms with Gasteiger partial charge in [0.15, 0.2) is 5.13 Å². The molecule has 0 unspecified atom stereocenters. The third kappa shape index (κ3) is 4.95. The van der Waals surface area contributed by atoms with E-state index in [0.717, 1.165) is 18.9 Å². The molecule has 0 saturated carbocycles. The van der Waals surface area contributed by atoms with Gasteiger partial charge in [-0.25, -0.2) is 4.98 Å². The van der Waals surface area contributed by atoms with Gasteiger partial charge in [-0.3, -0.25) is 9.69 Å². The zero-order chi connectivity index (χ0) is 19.2. The van der Waals surface area contributed by atoms with Crippen LogP contribution in [0.4, 0.5) is 10.9 Å². The van der Waals surface area contributed by atoms with Gasteiger partial charge >= 0.3 is 0 Å². The van der Waals surface area contributed by atoms with E-state index < -0.39 is 0 Å². The number of carbonyl (C=O) groups is 1. The van der Waals surface area contributed by atoms with Crippen LogP contribution in [0.25, 0.3) is 0 Å². The zero-order valence-electron chi connectivity index (χ0n) is 16.0. The Bertz CT molecular complexity index is 862. The average molecular weight is 380 g/mol. The minimum atomic E-state index is -0.0463. The van der Waals surface area contributed by atoms with Gasteiger partial charge in [0.2, 0.25) is 0 Å². The molecule has 4 nitrogen and oxygen atoms in total. The number of rotatable bonds is 7. The van der Waals surface area contributed by atoms with Crippen molar-refractivity contribution in [1.29, 1.82) is 0 Å². The van der Waals surface area contributed by atoms with E-state index in [-0.39, 0.29) is 5.91 Å². The molecule has 0 fully saturated rings. The number of anilines is 2. The lowest BCUT2D eigenvalue weighted by atomic mass is 10.1. The van der Waals surface area contributed by atoms with Gasteiger partial charge in [-0.2, -0.15) is 0 Å². The van der Waals surface area contributed by atoms with Crippen molar-refractivity contribution in [1.82, 2.24) is 4.98 Å². The SMILES string of the molecule is CC(C)CN(Cc1ccccc1)c1csc(N(C)C(=O)c2ccccc2)n1. The quantitative estimate of drug-likeness (QED) is 0.574. The molecule has 1 heterocycles. The fourth-order valence-electron chi connectivity index (χ4n) is 2.90. The molecule has 27 heavy (non-hydrogen) atoms. The van der Waals surface area contributed by atoms with Crippen molar-refractivity contribution in [2.75, 3.05) is 23.4 Å². The van der Waals surface area contributed by atoms with Gasteiger partial charge in [-0.1, -0.05) is 62.4 Å². The van der Waals surface area contributed by atoms with E-state index in [2.05, 4.69) is 43.0 Å². The van der Waals surface area contributed by atoms with Crippen LogP contribution in [0.3, 0.4) is 0 Å². The predicted molar refractivity (Wildman–Crippen MR) is 114 cm³/mol. The number of hydrogen-bond donors (Lipinski definition) is 0. The average Bonchev–Trinajstić information content (AvgIpc) is 3.18. The van der Waals surface area contributed by atoms with Crippen LogP contribution in [0.5, 0.6) is 0 Å². The van der Waals surface area contributed by atoms with Crippen LogP contribution in [-0.2, 0) is 6.54 Å². The highest BCUT2D eigenvalue weighted by molar-refractivity contribution is 7.14. The molecule has 0 bridgehead atoms. The van der Waals surface area contributed by atoms with Gasteiger partial charge in [-0.15, -0.1) is 11.3 Å². The number of hydrogen-bond acceptors (Lipinski definition) is 4. The van der Waals surface area contributed by atoms with Crippen LogP contribution >= 0.6 is 11.3 Å². The molecule has 1 amide bonds. The smallest absolute Gasteiger partial charge is 0.259 e. The number of carbonyl (C=O) groups excluding carboxylic acids is 1. The summed E-state index contributed by atoms with van der Waals surface area (Å²) in [6.45, 7) is 6.12. The maximum Gasteiger partial charge on any atom is 0.259 e. The van der Waals surface area contributed by atoms with Crippen LogP contribution in [0.1, 0.15) is 29.8 Å². The number of benzene rings is 2. The van der Waals surface area contributed by atoms with Gasteiger partial charge < -0.3 is 4.90 Å². The molecular weight excluding hydrogens is 354 g/mol. The first kappa shape index (κ1) is 19.1. The molecule has 140 valence electrons. The van der Waals surface area contributed by atoms with Crippen molar-refractivity contribution in [3.8, 4) is 0 Å². The summed E-state index contributed by atoms with van der Waals surface area (Å²) in [6.07, 6.45) is 0. The predicted octanol–water partition coefficient (Wildman–Crippen LogP) is 5.08. The molecule has 1 aromatic heterocycles. The largest absolute Gasteiger partial charge is 0.351 e. The number of nitrogens with zero attached hydrogens (tertiary/aromatic N) is 3. The third-order valence-corrected chi connectivity index (χ3v) is 5.12. The molecule has 0 atom stereocenters. The third-order valence-electron chi connectivity index (χ3n) is 4.22. The zero-order valence-corrected chi connectivity index (χ0v) is 16.8. The Morgan fingerprint density at radius 2 is 1.67 bits per heavy atom. The van der Waals surface area contributed by atoms with Gasteiger partial charge in [0.05, 0.1) is 0 Å². The standard InChI is InChI=1S/C22H25N3OS/c1-17(2)14-25(15-18-10-6-4-7-11-18)20-16-27-22(23-20)24(3)21(26)19-12-8-5-9-13-19/h4-13,16-17H,14-15H2,1-3H3. The maximum atomic E-state index is 12.7. The molecule has 0 aliphatic heterocycles. The highest BCUT2D eigenvalue weighted by Gasteiger charge is 2.19. The highest BCUT2D eigenvalue weighted by atomic mass is 32.1. The molecule has 0 saturated heterocycles. The van der Waals surface area contributed by atoms with Crippen LogP contribution < -0.4 is 9.80 Å². The number of aromatic nitrogens is 1. The lowest BCUT2D eigenvalue weighted by molar-refractivity contribution is 0.0993. The van der Waals surface area contributed by atoms with Crippen LogP contribution in [0, 0.1) is 5.92 Å². The topological polar surface area (TPSA) is 36.4 Å². The summed E-state index contributed by atoms with van der Waals surface area (Å²) < 4.78 is 0. The van der Waals surface area contributed by atoms with E-state index in [1.807, 2.05) is 41.8 Å². The summed E-state index contributed by atoms with van der Waals surface area (Å²) in [6, 6.07) is 19.7. The van der Waals surface area contributed by atoms with Gasteiger partial charge in [-0.05, 0) is 23.6 Å².